The van der Waals surface area contributed by atoms with Crippen molar-refractivity contribution in [1.82, 2.24) is 0 Å². The molecule has 0 bridgehead atoms. The van der Waals surface area contributed by atoms with Crippen molar-refractivity contribution in [2.75, 3.05) is 7.11 Å². The first kappa shape index (κ1) is 14.7. The molecule has 2 rings (SSSR count). The first-order chi connectivity index (χ1) is 9.13. The average Bonchev–Trinajstić information content (AvgIpc) is 2.82. The topological polar surface area (TPSA) is 44.5 Å². The van der Waals surface area contributed by atoms with Gasteiger partial charge < -0.3 is 15.2 Å². The Bertz CT molecular complexity index is 574. The van der Waals surface area contributed by atoms with Crippen molar-refractivity contribution in [3.8, 4) is 11.5 Å². The molecule has 0 radical (unpaired) electrons. The standard InChI is InChI=1S/C13H13BrClNO2S/c1-17-11-5-8(6-16)4-10(15)13(11)18-7-9-2-3-12(14)19-9/h2-5H,6-7,16H2,1H3. The zero-order valence-corrected chi connectivity index (χ0v) is 13.4. The number of benzene rings is 1. The van der Waals surface area contributed by atoms with Crippen LogP contribution in [0.25, 0.3) is 0 Å². The SMILES string of the molecule is COc1cc(CN)cc(Cl)c1OCc1ccc(Br)s1. The van der Waals surface area contributed by atoms with Crippen molar-refractivity contribution in [3.05, 3.63) is 43.5 Å². The fraction of sp³-hybridized carbons (Fsp3) is 0.231. The van der Waals surface area contributed by atoms with Gasteiger partial charge in [-0.05, 0) is 45.8 Å². The normalized spacial score (nSPS) is 10.5. The van der Waals surface area contributed by atoms with Gasteiger partial charge in [0, 0.05) is 11.4 Å². The van der Waals surface area contributed by atoms with E-state index in [9.17, 15) is 0 Å². The van der Waals surface area contributed by atoms with Gasteiger partial charge in [-0.3, -0.25) is 0 Å². The average molecular weight is 363 g/mol. The minimum absolute atomic E-state index is 0.411. The molecule has 1 heterocycles. The van der Waals surface area contributed by atoms with Gasteiger partial charge in [0.1, 0.15) is 6.61 Å². The number of thiophene rings is 1. The second-order valence-electron chi connectivity index (χ2n) is 3.81. The lowest BCUT2D eigenvalue weighted by molar-refractivity contribution is 0.287. The molecule has 0 unspecified atom stereocenters. The number of ether oxygens (including phenoxy) is 2. The highest BCUT2D eigenvalue weighted by atomic mass is 79.9. The molecule has 6 heteroatoms. The van der Waals surface area contributed by atoms with Gasteiger partial charge in [0.2, 0.25) is 0 Å². The summed E-state index contributed by atoms with van der Waals surface area (Å²) in [7, 11) is 1.58. The lowest BCUT2D eigenvalue weighted by Crippen LogP contribution is -2.01. The van der Waals surface area contributed by atoms with Crippen molar-refractivity contribution >= 4 is 38.9 Å². The van der Waals surface area contributed by atoms with Gasteiger partial charge in [0.15, 0.2) is 11.5 Å². The van der Waals surface area contributed by atoms with Crippen LogP contribution in [-0.4, -0.2) is 7.11 Å². The fourth-order valence-corrected chi connectivity index (χ4v) is 3.29. The Labute approximate surface area is 129 Å². The molecule has 0 saturated heterocycles. The van der Waals surface area contributed by atoms with E-state index in [1.165, 1.54) is 0 Å². The molecular weight excluding hydrogens is 350 g/mol. The lowest BCUT2D eigenvalue weighted by atomic mass is 10.2. The molecule has 0 spiro atoms. The van der Waals surface area contributed by atoms with E-state index in [-0.39, 0.29) is 0 Å². The fourth-order valence-electron chi connectivity index (χ4n) is 1.60. The van der Waals surface area contributed by atoms with Crippen LogP contribution in [-0.2, 0) is 13.2 Å². The molecule has 0 amide bonds. The molecule has 102 valence electrons. The van der Waals surface area contributed by atoms with Gasteiger partial charge in [-0.2, -0.15) is 0 Å². The van der Waals surface area contributed by atoms with Gasteiger partial charge in [0.25, 0.3) is 0 Å². The van der Waals surface area contributed by atoms with Crippen LogP contribution < -0.4 is 15.2 Å². The van der Waals surface area contributed by atoms with E-state index in [1.807, 2.05) is 18.2 Å². The van der Waals surface area contributed by atoms with Gasteiger partial charge in [0.05, 0.1) is 15.9 Å². The molecule has 0 aliphatic carbocycles. The molecule has 1 aromatic carbocycles. The minimum atomic E-state index is 0.411. The maximum Gasteiger partial charge on any atom is 0.180 e. The smallest absolute Gasteiger partial charge is 0.180 e. The molecule has 0 atom stereocenters. The lowest BCUT2D eigenvalue weighted by Gasteiger charge is -2.13. The maximum atomic E-state index is 6.20. The third-order valence-corrected chi connectivity index (χ3v) is 4.39. The monoisotopic (exact) mass is 361 g/mol. The molecule has 2 aromatic rings. The number of nitrogens with two attached hydrogens (primary N) is 1. The van der Waals surface area contributed by atoms with E-state index in [1.54, 1.807) is 24.5 Å². The van der Waals surface area contributed by atoms with Gasteiger partial charge >= 0.3 is 0 Å². The maximum absolute atomic E-state index is 6.20. The van der Waals surface area contributed by atoms with Crippen molar-refractivity contribution in [2.24, 2.45) is 5.73 Å². The third kappa shape index (κ3) is 3.63. The third-order valence-electron chi connectivity index (χ3n) is 2.51. The van der Waals surface area contributed by atoms with Crippen LogP contribution in [0, 0.1) is 0 Å². The summed E-state index contributed by atoms with van der Waals surface area (Å²) in [5, 5.41) is 0.510. The first-order valence-corrected chi connectivity index (χ1v) is 7.56. The molecule has 0 aliphatic rings. The molecule has 2 N–H and O–H groups in total. The number of methoxy groups -OCH3 is 1. The molecule has 19 heavy (non-hydrogen) atoms. The van der Waals surface area contributed by atoms with E-state index in [0.717, 1.165) is 14.2 Å². The van der Waals surface area contributed by atoms with Crippen LogP contribution in [0.4, 0.5) is 0 Å². The Morgan fingerprint density at radius 3 is 2.74 bits per heavy atom. The summed E-state index contributed by atoms with van der Waals surface area (Å²) in [4.78, 5) is 1.10. The van der Waals surface area contributed by atoms with Gasteiger partial charge in [-0.15, -0.1) is 11.3 Å². The van der Waals surface area contributed by atoms with Crippen LogP contribution in [0.1, 0.15) is 10.4 Å². The van der Waals surface area contributed by atoms with E-state index in [4.69, 9.17) is 26.8 Å². The summed E-state index contributed by atoms with van der Waals surface area (Å²) in [6, 6.07) is 7.62. The van der Waals surface area contributed by atoms with Crippen LogP contribution in [0.5, 0.6) is 11.5 Å². The number of hydrogen-bond acceptors (Lipinski definition) is 4. The molecular formula is C13H13BrClNO2S. The van der Waals surface area contributed by atoms with Crippen LogP contribution in [0.2, 0.25) is 5.02 Å². The highest BCUT2D eigenvalue weighted by molar-refractivity contribution is 9.11. The summed E-state index contributed by atoms with van der Waals surface area (Å²) in [6.45, 7) is 0.864. The Balaban J connectivity index is 2.19. The number of hydrogen-bond donors (Lipinski definition) is 1. The van der Waals surface area contributed by atoms with Crippen molar-refractivity contribution < 1.29 is 9.47 Å². The Morgan fingerprint density at radius 1 is 1.37 bits per heavy atom. The Kier molecular flexibility index (Phi) is 5.10. The summed E-state index contributed by atoms with van der Waals surface area (Å²) in [5.41, 5.74) is 6.51. The molecule has 0 fully saturated rings. The molecule has 1 aromatic heterocycles. The van der Waals surface area contributed by atoms with E-state index >= 15 is 0 Å². The van der Waals surface area contributed by atoms with Crippen LogP contribution in [0.3, 0.4) is 0 Å². The number of rotatable bonds is 5. The zero-order valence-electron chi connectivity index (χ0n) is 10.3. The second-order valence-corrected chi connectivity index (χ2v) is 6.76. The molecule has 3 nitrogen and oxygen atoms in total. The zero-order chi connectivity index (χ0) is 13.8. The Morgan fingerprint density at radius 2 is 2.16 bits per heavy atom. The van der Waals surface area contributed by atoms with Gasteiger partial charge in [-0.1, -0.05) is 11.6 Å². The first-order valence-electron chi connectivity index (χ1n) is 5.57. The minimum Gasteiger partial charge on any atom is -0.493 e. The predicted octanol–water partition coefficient (Wildman–Crippen LogP) is 4.21. The summed E-state index contributed by atoms with van der Waals surface area (Å²) in [5.74, 6) is 1.15. The molecule has 0 aliphatic heterocycles. The van der Waals surface area contributed by atoms with E-state index in [0.29, 0.717) is 29.7 Å². The van der Waals surface area contributed by atoms with Crippen molar-refractivity contribution in [2.45, 2.75) is 13.2 Å². The summed E-state index contributed by atoms with van der Waals surface area (Å²) < 4.78 is 12.1. The van der Waals surface area contributed by atoms with Crippen molar-refractivity contribution in [3.63, 3.8) is 0 Å². The van der Waals surface area contributed by atoms with Crippen LogP contribution >= 0.6 is 38.9 Å². The van der Waals surface area contributed by atoms with Gasteiger partial charge in [-0.25, -0.2) is 0 Å². The highest BCUT2D eigenvalue weighted by Crippen LogP contribution is 2.37. The Hall–Kier alpha value is -0.750. The quantitative estimate of drug-likeness (QED) is 0.866. The summed E-state index contributed by atoms with van der Waals surface area (Å²) in [6.07, 6.45) is 0. The van der Waals surface area contributed by atoms with E-state index in [2.05, 4.69) is 15.9 Å². The highest BCUT2D eigenvalue weighted by Gasteiger charge is 2.12. The second kappa shape index (κ2) is 6.61. The van der Waals surface area contributed by atoms with E-state index < -0.39 is 0 Å². The number of halogens is 2. The van der Waals surface area contributed by atoms with Crippen LogP contribution in [0.15, 0.2) is 28.1 Å². The molecule has 0 saturated carbocycles. The predicted molar refractivity (Wildman–Crippen MR) is 82.2 cm³/mol. The largest absolute Gasteiger partial charge is 0.493 e. The summed E-state index contributed by atoms with van der Waals surface area (Å²) >= 11 is 11.2. The van der Waals surface area contributed by atoms with Crippen molar-refractivity contribution in [1.29, 1.82) is 0 Å².